The molecule has 3 rings (SSSR count). The van der Waals surface area contributed by atoms with Crippen molar-refractivity contribution in [2.75, 3.05) is 4.90 Å². The van der Waals surface area contributed by atoms with Crippen molar-refractivity contribution in [3.05, 3.63) is 68.9 Å². The molecule has 148 valence electrons. The number of nitrogens with zero attached hydrogens (tertiary/aromatic N) is 2. The van der Waals surface area contributed by atoms with Crippen LogP contribution in [0, 0.1) is 0 Å². The number of benzene rings is 2. The van der Waals surface area contributed by atoms with E-state index in [1.54, 1.807) is 48.5 Å². The highest BCUT2D eigenvalue weighted by atomic mass is 79.9. The van der Waals surface area contributed by atoms with Gasteiger partial charge in [0.2, 0.25) is 5.91 Å². The average molecular weight is 457 g/mol. The van der Waals surface area contributed by atoms with Crippen LogP contribution >= 0.6 is 15.9 Å². The Labute approximate surface area is 174 Å². The zero-order valence-corrected chi connectivity index (χ0v) is 17.5. The minimum atomic E-state index is -0.877. The van der Waals surface area contributed by atoms with Gasteiger partial charge in [-0.2, -0.15) is 0 Å². The summed E-state index contributed by atoms with van der Waals surface area (Å²) >= 11 is 3.39. The van der Waals surface area contributed by atoms with Gasteiger partial charge in [-0.15, -0.1) is 0 Å². The third kappa shape index (κ3) is 3.71. The summed E-state index contributed by atoms with van der Waals surface area (Å²) in [5, 5.41) is 0.379. The molecule has 2 amide bonds. The highest BCUT2D eigenvalue weighted by Crippen LogP contribution is 2.34. The maximum Gasteiger partial charge on any atom is 0.308 e. The predicted octanol–water partition coefficient (Wildman–Crippen LogP) is 3.42. The van der Waals surface area contributed by atoms with Gasteiger partial charge >= 0.3 is 5.97 Å². The number of fused-ring (bicyclic) bond motifs is 1. The number of carbonyl (C=O) groups is 3. The monoisotopic (exact) mass is 456 g/mol. The Bertz CT molecular complexity index is 1200. The SMILES string of the molecule is CC(=O)Oc1c(C(=O)N(C(C)=O)c2ccccc2)c(=O)n(C)c2cccc(Br)c12. The van der Waals surface area contributed by atoms with Crippen molar-refractivity contribution < 1.29 is 19.1 Å². The molecule has 29 heavy (non-hydrogen) atoms. The van der Waals surface area contributed by atoms with E-state index in [0.717, 1.165) is 4.90 Å². The van der Waals surface area contributed by atoms with Crippen LogP contribution in [0.3, 0.4) is 0 Å². The molecule has 0 spiro atoms. The molecule has 0 bridgehead atoms. The number of rotatable bonds is 3. The van der Waals surface area contributed by atoms with E-state index in [4.69, 9.17) is 4.74 Å². The van der Waals surface area contributed by atoms with E-state index in [2.05, 4.69) is 15.9 Å². The molecule has 0 atom stereocenters. The standard InChI is InChI=1S/C21H17BrN2O5/c1-12(25)24(14-8-5-4-6-9-14)21(28)18-19(29-13(2)26)17-15(22)10-7-11-16(17)23(3)20(18)27/h4-11H,1-3H3. The van der Waals surface area contributed by atoms with Gasteiger partial charge in [-0.3, -0.25) is 19.2 Å². The van der Waals surface area contributed by atoms with Gasteiger partial charge < -0.3 is 9.30 Å². The van der Waals surface area contributed by atoms with Gasteiger partial charge in [-0.05, 0) is 40.2 Å². The Hall–Kier alpha value is -3.26. The molecule has 1 heterocycles. The molecule has 0 aliphatic rings. The van der Waals surface area contributed by atoms with Crippen LogP contribution < -0.4 is 15.2 Å². The first-order valence-electron chi connectivity index (χ1n) is 8.63. The van der Waals surface area contributed by atoms with Gasteiger partial charge in [0.15, 0.2) is 5.75 Å². The molecule has 0 saturated carbocycles. The number of carbonyl (C=O) groups excluding carboxylic acids is 3. The van der Waals surface area contributed by atoms with Crippen molar-refractivity contribution in [2.45, 2.75) is 13.8 Å². The third-order valence-corrected chi connectivity index (χ3v) is 4.98. The van der Waals surface area contributed by atoms with Gasteiger partial charge in [0.05, 0.1) is 16.6 Å². The second-order valence-electron chi connectivity index (χ2n) is 6.29. The number of para-hydroxylation sites is 1. The number of aryl methyl sites for hydroxylation is 1. The van der Waals surface area contributed by atoms with Gasteiger partial charge in [0.1, 0.15) is 5.56 Å². The lowest BCUT2D eigenvalue weighted by atomic mass is 10.1. The molecular formula is C21H17BrN2O5. The van der Waals surface area contributed by atoms with E-state index in [-0.39, 0.29) is 5.75 Å². The Balaban J connectivity index is 2.38. The largest absolute Gasteiger partial charge is 0.425 e. The first kappa shape index (κ1) is 20.5. The molecular weight excluding hydrogens is 440 g/mol. The zero-order valence-electron chi connectivity index (χ0n) is 15.9. The van der Waals surface area contributed by atoms with E-state index in [0.29, 0.717) is 21.1 Å². The van der Waals surface area contributed by atoms with E-state index in [1.807, 2.05) is 0 Å². The summed E-state index contributed by atoms with van der Waals surface area (Å²) in [6.07, 6.45) is 0. The van der Waals surface area contributed by atoms with Crippen molar-refractivity contribution in [3.63, 3.8) is 0 Å². The summed E-state index contributed by atoms with van der Waals surface area (Å²) in [6.45, 7) is 2.40. The number of amides is 2. The van der Waals surface area contributed by atoms with Gasteiger partial charge in [-0.25, -0.2) is 4.90 Å². The lowest BCUT2D eigenvalue weighted by Crippen LogP contribution is -2.40. The summed E-state index contributed by atoms with van der Waals surface area (Å²) in [5.74, 6) is -2.34. The van der Waals surface area contributed by atoms with Crippen LogP contribution in [0.5, 0.6) is 5.75 Å². The van der Waals surface area contributed by atoms with E-state index < -0.39 is 28.9 Å². The molecule has 0 unspecified atom stereocenters. The first-order chi connectivity index (χ1) is 13.7. The maximum absolute atomic E-state index is 13.4. The van der Waals surface area contributed by atoms with Crippen molar-refractivity contribution >= 4 is 50.3 Å². The number of aromatic nitrogens is 1. The second-order valence-corrected chi connectivity index (χ2v) is 7.15. The number of hydrogen-bond acceptors (Lipinski definition) is 5. The lowest BCUT2D eigenvalue weighted by molar-refractivity contribution is -0.131. The molecule has 0 N–H and O–H groups in total. The van der Waals surface area contributed by atoms with Crippen molar-refractivity contribution in [2.24, 2.45) is 7.05 Å². The van der Waals surface area contributed by atoms with E-state index in [9.17, 15) is 19.2 Å². The molecule has 2 aromatic carbocycles. The predicted molar refractivity (Wildman–Crippen MR) is 112 cm³/mol. The Morgan fingerprint density at radius 3 is 2.24 bits per heavy atom. The number of ether oxygens (including phenoxy) is 1. The van der Waals surface area contributed by atoms with Crippen LogP contribution in [0.25, 0.3) is 10.9 Å². The maximum atomic E-state index is 13.4. The number of hydrogen-bond donors (Lipinski definition) is 0. The van der Waals surface area contributed by atoms with Gasteiger partial charge in [-0.1, -0.05) is 24.3 Å². The number of anilines is 1. The third-order valence-electron chi connectivity index (χ3n) is 4.32. The van der Waals surface area contributed by atoms with Crippen molar-refractivity contribution in [3.8, 4) is 5.75 Å². The fourth-order valence-corrected chi connectivity index (χ4v) is 3.62. The van der Waals surface area contributed by atoms with E-state index in [1.165, 1.54) is 25.5 Å². The van der Waals surface area contributed by atoms with Crippen LogP contribution in [0.15, 0.2) is 57.8 Å². The summed E-state index contributed by atoms with van der Waals surface area (Å²) in [6, 6.07) is 13.3. The van der Waals surface area contributed by atoms with Gasteiger partial charge in [0, 0.05) is 25.4 Å². The summed E-state index contributed by atoms with van der Waals surface area (Å²) in [5.41, 5.74) is -0.320. The lowest BCUT2D eigenvalue weighted by Gasteiger charge is -2.21. The number of halogens is 1. The molecule has 7 nitrogen and oxygen atoms in total. The highest BCUT2D eigenvalue weighted by Gasteiger charge is 2.31. The molecule has 0 saturated heterocycles. The average Bonchev–Trinajstić information content (AvgIpc) is 2.66. The quantitative estimate of drug-likeness (QED) is 0.563. The fraction of sp³-hybridized carbons (Fsp3) is 0.143. The summed E-state index contributed by atoms with van der Waals surface area (Å²) < 4.78 is 7.13. The Kier molecular flexibility index (Phi) is 5.65. The number of esters is 1. The molecule has 0 aliphatic heterocycles. The topological polar surface area (TPSA) is 85.7 Å². The van der Waals surface area contributed by atoms with E-state index >= 15 is 0 Å². The molecule has 0 fully saturated rings. The van der Waals surface area contributed by atoms with Crippen LogP contribution in [0.4, 0.5) is 5.69 Å². The highest BCUT2D eigenvalue weighted by molar-refractivity contribution is 9.10. The van der Waals surface area contributed by atoms with Crippen molar-refractivity contribution in [1.82, 2.24) is 4.57 Å². The summed E-state index contributed by atoms with van der Waals surface area (Å²) in [4.78, 5) is 51.5. The molecule has 0 radical (unpaired) electrons. The van der Waals surface area contributed by atoms with Crippen LogP contribution in [-0.4, -0.2) is 22.4 Å². The molecule has 0 aliphatic carbocycles. The summed E-state index contributed by atoms with van der Waals surface area (Å²) in [7, 11) is 1.51. The van der Waals surface area contributed by atoms with Crippen LogP contribution in [0.1, 0.15) is 24.2 Å². The smallest absolute Gasteiger partial charge is 0.308 e. The Morgan fingerprint density at radius 1 is 1.00 bits per heavy atom. The first-order valence-corrected chi connectivity index (χ1v) is 9.43. The van der Waals surface area contributed by atoms with Gasteiger partial charge in [0.25, 0.3) is 11.5 Å². The minimum absolute atomic E-state index is 0.185. The minimum Gasteiger partial charge on any atom is -0.425 e. The van der Waals surface area contributed by atoms with Crippen molar-refractivity contribution in [1.29, 1.82) is 0 Å². The van der Waals surface area contributed by atoms with Crippen LogP contribution in [-0.2, 0) is 16.6 Å². The fourth-order valence-electron chi connectivity index (χ4n) is 3.08. The zero-order chi connectivity index (χ0) is 21.3. The molecule has 1 aromatic heterocycles. The number of imide groups is 1. The van der Waals surface area contributed by atoms with Crippen LogP contribution in [0.2, 0.25) is 0 Å². The second kappa shape index (κ2) is 8.00. The molecule has 8 heteroatoms. The molecule has 3 aromatic rings. The number of pyridine rings is 1. The Morgan fingerprint density at radius 2 is 1.66 bits per heavy atom. The normalized spacial score (nSPS) is 10.6.